The lowest BCUT2D eigenvalue weighted by Gasteiger charge is -2.49. The van der Waals surface area contributed by atoms with Crippen molar-refractivity contribution in [2.75, 3.05) is 0 Å². The van der Waals surface area contributed by atoms with E-state index in [-0.39, 0.29) is 35.7 Å². The van der Waals surface area contributed by atoms with Crippen LogP contribution in [-0.4, -0.2) is 40.1 Å². The van der Waals surface area contributed by atoms with Crippen LogP contribution in [0.2, 0.25) is 10.0 Å². The minimum Gasteiger partial charge on any atom is -0.443 e. The molecule has 3 aliphatic rings. The second-order valence-corrected chi connectivity index (χ2v) is 13.6. The Kier molecular flexibility index (Phi) is 7.82. The molecule has 0 aromatic heterocycles. The summed E-state index contributed by atoms with van der Waals surface area (Å²) in [5, 5.41) is 5.27. The van der Waals surface area contributed by atoms with Gasteiger partial charge in [0.1, 0.15) is 11.1 Å². The van der Waals surface area contributed by atoms with E-state index in [0.29, 0.717) is 16.5 Å². The molecule has 0 bridgehead atoms. The maximum atomic E-state index is 14.5. The number of halogens is 2. The topological polar surface area (TPSA) is 58.6 Å². The molecule has 0 radical (unpaired) electrons. The first kappa shape index (κ1) is 28.4. The fraction of sp³-hybridized carbons (Fsp3) is 0.562. The number of amides is 2. The molecule has 0 unspecified atom stereocenters. The van der Waals surface area contributed by atoms with Crippen molar-refractivity contribution in [3.63, 3.8) is 0 Å². The van der Waals surface area contributed by atoms with E-state index in [0.717, 1.165) is 43.2 Å². The molecule has 0 spiro atoms. The van der Waals surface area contributed by atoms with Crippen molar-refractivity contribution in [2.24, 2.45) is 5.92 Å². The van der Waals surface area contributed by atoms with E-state index in [1.807, 2.05) is 52.0 Å². The summed E-state index contributed by atoms with van der Waals surface area (Å²) in [4.78, 5) is 29.5. The Labute approximate surface area is 242 Å². The lowest BCUT2D eigenvalue weighted by Crippen LogP contribution is -2.62. The van der Waals surface area contributed by atoms with Gasteiger partial charge in [0, 0.05) is 28.0 Å². The van der Waals surface area contributed by atoms with Crippen molar-refractivity contribution < 1.29 is 14.3 Å². The van der Waals surface area contributed by atoms with Gasteiger partial charge in [-0.2, -0.15) is 0 Å². The molecule has 3 fully saturated rings. The highest BCUT2D eigenvalue weighted by Crippen LogP contribution is 2.57. The molecule has 7 heteroatoms. The highest BCUT2D eigenvalue weighted by Gasteiger charge is 2.65. The number of imide groups is 1. The molecule has 2 amide bonds. The van der Waals surface area contributed by atoms with E-state index >= 15 is 0 Å². The van der Waals surface area contributed by atoms with Crippen LogP contribution in [0, 0.1) is 12.8 Å². The number of hydrogen-bond donors (Lipinski definition) is 1. The molecule has 5 atom stereocenters. The first-order valence-corrected chi connectivity index (χ1v) is 15.0. The second kappa shape index (κ2) is 10.7. The minimum absolute atomic E-state index is 0.0174. The van der Waals surface area contributed by atoms with E-state index in [9.17, 15) is 9.59 Å². The molecular formula is C32H40Cl2N2O3. The molecule has 2 saturated carbocycles. The van der Waals surface area contributed by atoms with Gasteiger partial charge in [-0.05, 0) is 113 Å². The van der Waals surface area contributed by atoms with Gasteiger partial charge in [0.2, 0.25) is 0 Å². The van der Waals surface area contributed by atoms with Crippen LogP contribution in [-0.2, 0) is 9.53 Å². The van der Waals surface area contributed by atoms with Gasteiger partial charge in [0.25, 0.3) is 5.91 Å². The summed E-state index contributed by atoms with van der Waals surface area (Å²) in [6.45, 7) is 9.64. The average molecular weight is 572 g/mol. The first-order chi connectivity index (χ1) is 18.4. The number of rotatable bonds is 4. The second-order valence-electron chi connectivity index (χ2n) is 12.7. The summed E-state index contributed by atoms with van der Waals surface area (Å²) in [6, 6.07) is 14.1. The smallest absolute Gasteiger partial charge is 0.417 e. The van der Waals surface area contributed by atoms with Gasteiger partial charge < -0.3 is 10.1 Å². The number of carbonyl (C=O) groups is 2. The molecular weight excluding hydrogens is 531 g/mol. The maximum Gasteiger partial charge on any atom is 0.417 e. The summed E-state index contributed by atoms with van der Waals surface area (Å²) in [5.41, 5.74) is 1.97. The van der Waals surface area contributed by atoms with Crippen LogP contribution in [0.4, 0.5) is 4.79 Å². The van der Waals surface area contributed by atoms with E-state index in [2.05, 4.69) is 30.4 Å². The van der Waals surface area contributed by atoms with Crippen molar-refractivity contribution in [3.05, 3.63) is 69.2 Å². The van der Waals surface area contributed by atoms with Gasteiger partial charge in [0.05, 0.1) is 0 Å². The van der Waals surface area contributed by atoms with Gasteiger partial charge in [-0.1, -0.05) is 54.2 Å². The van der Waals surface area contributed by atoms with Gasteiger partial charge in [-0.25, -0.2) is 9.69 Å². The highest BCUT2D eigenvalue weighted by atomic mass is 35.5. The Morgan fingerprint density at radius 3 is 2.28 bits per heavy atom. The van der Waals surface area contributed by atoms with Crippen molar-refractivity contribution in [3.8, 4) is 0 Å². The highest BCUT2D eigenvalue weighted by molar-refractivity contribution is 6.30. The average Bonchev–Trinajstić information content (AvgIpc) is 3.43. The summed E-state index contributed by atoms with van der Waals surface area (Å²) >= 11 is 12.7. The van der Waals surface area contributed by atoms with Gasteiger partial charge >= 0.3 is 6.09 Å². The molecule has 2 aliphatic carbocycles. The van der Waals surface area contributed by atoms with Crippen LogP contribution in [0.5, 0.6) is 0 Å². The monoisotopic (exact) mass is 570 g/mol. The van der Waals surface area contributed by atoms with Crippen molar-refractivity contribution in [1.82, 2.24) is 10.2 Å². The fourth-order valence-electron chi connectivity index (χ4n) is 7.56. The molecule has 5 rings (SSSR count). The molecule has 2 aromatic rings. The number of benzene rings is 2. The Morgan fingerprint density at radius 1 is 1.03 bits per heavy atom. The van der Waals surface area contributed by atoms with E-state index in [1.54, 1.807) is 0 Å². The van der Waals surface area contributed by atoms with Crippen LogP contribution in [0.3, 0.4) is 0 Å². The SMILES string of the molecule is Cc1cc(Cl)ccc1[C@@H]1CC[C@@]2(NC3CCCC3)C(=O)N(C(=O)OC(C)(C)C)[C@H](C)[C@H]2[C@H]1c1ccc(Cl)cc1. The lowest BCUT2D eigenvalue weighted by molar-refractivity contribution is -0.134. The van der Waals surface area contributed by atoms with Crippen LogP contribution in [0.1, 0.15) is 94.7 Å². The minimum atomic E-state index is -0.841. The lowest BCUT2D eigenvalue weighted by atomic mass is 9.58. The Bertz CT molecular complexity index is 1230. The fourth-order valence-corrected chi connectivity index (χ4v) is 7.91. The zero-order valence-corrected chi connectivity index (χ0v) is 25.1. The third-order valence-corrected chi connectivity index (χ3v) is 9.55. The maximum absolute atomic E-state index is 14.5. The van der Waals surface area contributed by atoms with E-state index in [1.165, 1.54) is 10.5 Å². The summed E-state index contributed by atoms with van der Waals surface area (Å²) in [5.74, 6) is -0.156. The third kappa shape index (κ3) is 5.35. The third-order valence-electron chi connectivity index (χ3n) is 9.06. The Morgan fingerprint density at radius 2 is 1.67 bits per heavy atom. The zero-order valence-electron chi connectivity index (χ0n) is 23.6. The Balaban J connectivity index is 1.66. The number of nitrogens with one attached hydrogen (secondary N) is 1. The van der Waals surface area contributed by atoms with Crippen LogP contribution < -0.4 is 5.32 Å². The standard InChI is InChI=1S/C32H40Cl2N2O3/c1-19-18-23(34)14-15-25(19)26-16-17-32(35-24-8-6-7-9-24)28(27(26)21-10-12-22(33)13-11-21)20(2)36(29(32)37)30(38)39-31(3,4)5/h10-15,18,20,24,26-28,35H,6-9,16-17H2,1-5H3/t20-,26+,27+,28+,32+/m1/s1. The molecule has 1 heterocycles. The number of ether oxygens (including phenoxy) is 1. The molecule has 1 aliphatic heterocycles. The van der Waals surface area contributed by atoms with Gasteiger partial charge in [-0.15, -0.1) is 0 Å². The van der Waals surface area contributed by atoms with Gasteiger partial charge in [-0.3, -0.25) is 4.79 Å². The molecule has 210 valence electrons. The largest absolute Gasteiger partial charge is 0.443 e. The normalized spacial score (nSPS) is 29.5. The summed E-state index contributed by atoms with van der Waals surface area (Å²) < 4.78 is 5.79. The number of likely N-dealkylation sites (tertiary alicyclic amines) is 1. The predicted molar refractivity (Wildman–Crippen MR) is 157 cm³/mol. The number of carbonyl (C=O) groups excluding carboxylic acids is 2. The summed E-state index contributed by atoms with van der Waals surface area (Å²) in [6.07, 6.45) is 5.33. The molecule has 5 nitrogen and oxygen atoms in total. The van der Waals surface area contributed by atoms with Crippen molar-refractivity contribution in [2.45, 2.75) is 108 Å². The van der Waals surface area contributed by atoms with E-state index < -0.39 is 17.2 Å². The Hall–Kier alpha value is -2.08. The quantitative estimate of drug-likeness (QED) is 0.404. The molecule has 1 saturated heterocycles. The first-order valence-electron chi connectivity index (χ1n) is 14.3. The molecule has 39 heavy (non-hydrogen) atoms. The van der Waals surface area contributed by atoms with Crippen molar-refractivity contribution >= 4 is 35.2 Å². The molecule has 1 N–H and O–H groups in total. The van der Waals surface area contributed by atoms with Crippen LogP contribution >= 0.6 is 23.2 Å². The zero-order chi connectivity index (χ0) is 28.1. The number of nitrogens with zero attached hydrogens (tertiary/aromatic N) is 1. The number of fused-ring (bicyclic) bond motifs is 1. The van der Waals surface area contributed by atoms with Crippen LogP contribution in [0.15, 0.2) is 42.5 Å². The van der Waals surface area contributed by atoms with Crippen LogP contribution in [0.25, 0.3) is 0 Å². The number of aryl methyl sites for hydroxylation is 1. The summed E-state index contributed by atoms with van der Waals surface area (Å²) in [7, 11) is 0. The van der Waals surface area contributed by atoms with Crippen molar-refractivity contribution in [1.29, 1.82) is 0 Å². The van der Waals surface area contributed by atoms with Gasteiger partial charge in [0.15, 0.2) is 0 Å². The predicted octanol–water partition coefficient (Wildman–Crippen LogP) is 8.02. The molecule has 2 aromatic carbocycles. The van der Waals surface area contributed by atoms with E-state index in [4.69, 9.17) is 27.9 Å². The number of hydrogen-bond acceptors (Lipinski definition) is 4.